The number of benzene rings is 6. The Balaban J connectivity index is 0.000000191. The Hall–Kier alpha value is -8.90. The lowest BCUT2D eigenvalue weighted by Crippen LogP contribution is -2.05. The fraction of sp³-hybridized carbons (Fsp3) is 0.200. The van der Waals surface area contributed by atoms with Gasteiger partial charge in [-0.25, -0.2) is 0 Å². The van der Waals surface area contributed by atoms with E-state index in [0.717, 1.165) is 23.4 Å². The summed E-state index contributed by atoms with van der Waals surface area (Å²) in [6, 6.07) is 40.8. The molecule has 0 amide bonds. The van der Waals surface area contributed by atoms with Crippen molar-refractivity contribution < 1.29 is 47.7 Å². The molecule has 0 spiro atoms. The molecule has 6 aromatic carbocycles. The van der Waals surface area contributed by atoms with E-state index in [4.69, 9.17) is 42.6 Å². The minimum absolute atomic E-state index is 0. The number of nitriles is 2. The maximum Gasteiger partial charge on any atom is 0.169 e. The number of fused-ring (bicyclic) bond motifs is 2. The van der Waals surface area contributed by atoms with Crippen LogP contribution in [0, 0.1) is 22.7 Å². The summed E-state index contributed by atoms with van der Waals surface area (Å²) in [5.74, 6) is 5.25. The van der Waals surface area contributed by atoms with Gasteiger partial charge in [0.1, 0.15) is 36.3 Å². The predicted octanol–water partition coefficient (Wildman–Crippen LogP) is 11.2. The van der Waals surface area contributed by atoms with Crippen molar-refractivity contribution in [3.8, 4) is 69.6 Å². The number of aromatic hydroxyl groups is 1. The normalized spacial score (nSPS) is 13.7. The highest BCUT2D eigenvalue weighted by molar-refractivity contribution is 5.98. The zero-order valence-electron chi connectivity index (χ0n) is 40.2. The van der Waals surface area contributed by atoms with E-state index in [2.05, 4.69) is 39.7 Å². The fourth-order valence-corrected chi connectivity index (χ4v) is 7.10. The molecule has 0 aliphatic carbocycles. The molecule has 0 unspecified atom stereocenters. The molecule has 8 aromatic rings. The summed E-state index contributed by atoms with van der Waals surface area (Å²) < 4.78 is 49.2. The van der Waals surface area contributed by atoms with Gasteiger partial charge in [0.2, 0.25) is 0 Å². The van der Waals surface area contributed by atoms with Crippen molar-refractivity contribution in [2.24, 2.45) is 0 Å². The molecule has 363 valence electrons. The Morgan fingerprint density at radius 2 is 1.00 bits per heavy atom. The molecule has 2 saturated heterocycles. The van der Waals surface area contributed by atoms with E-state index in [1.54, 1.807) is 33.6 Å². The molecular formula is C55H50BN6O10. The van der Waals surface area contributed by atoms with Gasteiger partial charge in [0.25, 0.3) is 0 Å². The average molecular weight is 966 g/mol. The number of hydrogen-bond donors (Lipinski definition) is 3. The number of phenols is 1. The van der Waals surface area contributed by atoms with Crippen LogP contribution in [0.1, 0.15) is 24.5 Å². The number of epoxide rings is 2. The monoisotopic (exact) mass is 965 g/mol. The predicted molar refractivity (Wildman–Crippen MR) is 274 cm³/mol. The summed E-state index contributed by atoms with van der Waals surface area (Å²) in [6.07, 6.45) is 4.96. The maximum absolute atomic E-state index is 10.0. The Morgan fingerprint density at radius 1 is 0.569 bits per heavy atom. The second kappa shape index (κ2) is 24.1. The van der Waals surface area contributed by atoms with Gasteiger partial charge >= 0.3 is 0 Å². The summed E-state index contributed by atoms with van der Waals surface area (Å²) in [5, 5.41) is 37.3. The maximum atomic E-state index is 10.0. The first-order valence-electron chi connectivity index (χ1n) is 22.5. The second-order valence-electron chi connectivity index (χ2n) is 15.8. The number of nitrogens with one attached hydrogen (secondary N) is 2. The molecule has 3 radical (unpaired) electrons. The molecule has 2 fully saturated rings. The molecule has 3 N–H and O–H groups in total. The Labute approximate surface area is 418 Å². The van der Waals surface area contributed by atoms with E-state index in [9.17, 15) is 15.6 Å². The molecule has 2 aliphatic heterocycles. The van der Waals surface area contributed by atoms with Gasteiger partial charge in [-0.15, -0.1) is 0 Å². The second-order valence-corrected chi connectivity index (χ2v) is 15.8. The smallest absolute Gasteiger partial charge is 0.169 e. The van der Waals surface area contributed by atoms with E-state index >= 15 is 0 Å². The number of rotatable bonds is 16. The molecule has 72 heavy (non-hydrogen) atoms. The number of hydrogen-bond acceptors (Lipinski definition) is 16. The summed E-state index contributed by atoms with van der Waals surface area (Å²) in [4.78, 5) is 8.71. The zero-order valence-corrected chi connectivity index (χ0v) is 40.2. The van der Waals surface area contributed by atoms with Crippen molar-refractivity contribution >= 4 is 53.0 Å². The van der Waals surface area contributed by atoms with Crippen molar-refractivity contribution in [1.29, 1.82) is 10.5 Å². The summed E-state index contributed by atoms with van der Waals surface area (Å²) in [6.45, 7) is 4.30. The molecular weight excluding hydrogens is 915 g/mol. The van der Waals surface area contributed by atoms with Crippen molar-refractivity contribution in [2.45, 2.75) is 25.6 Å². The van der Waals surface area contributed by atoms with Crippen LogP contribution in [-0.4, -0.2) is 84.0 Å². The first-order chi connectivity index (χ1) is 34.7. The number of pyridine rings is 2. The van der Waals surface area contributed by atoms with E-state index in [1.165, 1.54) is 25.8 Å². The van der Waals surface area contributed by atoms with Crippen molar-refractivity contribution in [3.63, 3.8) is 0 Å². The molecule has 2 atom stereocenters. The lowest BCUT2D eigenvalue weighted by Gasteiger charge is -2.15. The number of anilines is 4. The summed E-state index contributed by atoms with van der Waals surface area (Å²) >= 11 is 0. The van der Waals surface area contributed by atoms with Crippen LogP contribution in [0.4, 0.5) is 22.7 Å². The van der Waals surface area contributed by atoms with Crippen LogP contribution >= 0.6 is 0 Å². The Kier molecular flexibility index (Phi) is 17.1. The van der Waals surface area contributed by atoms with Crippen LogP contribution in [0.2, 0.25) is 0 Å². The topological polar surface area (TPSA) is 207 Å². The SMILES string of the molecule is CC[C@@H]1CO1.COc1cc2c(Nc3ccc(Oc4ccccc4OC)cc3)c(C#N)cnc2cc1O.COc1cc2c(Nc3ccc(Oc4ccccc4OC)cc3)c(C#N)cnc2cc1OC[C@@H]1CO1.[B]. The van der Waals surface area contributed by atoms with Crippen molar-refractivity contribution in [1.82, 2.24) is 9.97 Å². The highest BCUT2D eigenvalue weighted by Gasteiger charge is 2.24. The van der Waals surface area contributed by atoms with Crippen LogP contribution in [-0.2, 0) is 9.47 Å². The number of methoxy groups -OCH3 is 4. The highest BCUT2D eigenvalue weighted by atomic mass is 16.6. The minimum Gasteiger partial charge on any atom is -0.504 e. The van der Waals surface area contributed by atoms with E-state index in [-0.39, 0.29) is 20.3 Å². The zero-order chi connectivity index (χ0) is 49.7. The third kappa shape index (κ3) is 12.6. The number of ether oxygens (including phenoxy) is 9. The fourth-order valence-electron chi connectivity index (χ4n) is 7.10. The molecule has 0 saturated carbocycles. The van der Waals surface area contributed by atoms with Gasteiger partial charge in [-0.1, -0.05) is 31.2 Å². The number of phenolic OH excluding ortho intramolecular Hbond substituents is 1. The number of aromatic nitrogens is 2. The quantitative estimate of drug-likeness (QED) is 0.0608. The third-order valence-corrected chi connectivity index (χ3v) is 11.1. The van der Waals surface area contributed by atoms with Gasteiger partial charge < -0.3 is 58.4 Å². The highest BCUT2D eigenvalue weighted by Crippen LogP contribution is 2.40. The van der Waals surface area contributed by atoms with Gasteiger partial charge in [-0.2, -0.15) is 10.5 Å². The van der Waals surface area contributed by atoms with Gasteiger partial charge in [-0.3, -0.25) is 9.97 Å². The van der Waals surface area contributed by atoms with Crippen LogP contribution in [0.15, 0.2) is 134 Å². The number of nitrogens with zero attached hydrogens (tertiary/aromatic N) is 4. The van der Waals surface area contributed by atoms with Crippen LogP contribution < -0.4 is 43.8 Å². The number of para-hydroxylation sites is 4. The van der Waals surface area contributed by atoms with Crippen LogP contribution in [0.25, 0.3) is 21.8 Å². The van der Waals surface area contributed by atoms with Gasteiger partial charge in [0.15, 0.2) is 46.0 Å². The van der Waals surface area contributed by atoms with E-state index in [0.29, 0.717) is 110 Å². The third-order valence-electron chi connectivity index (χ3n) is 11.1. The van der Waals surface area contributed by atoms with Crippen molar-refractivity contribution in [3.05, 3.63) is 145 Å². The van der Waals surface area contributed by atoms with Gasteiger partial charge in [0, 0.05) is 55.1 Å². The van der Waals surface area contributed by atoms with Crippen LogP contribution in [0.5, 0.6) is 57.5 Å². The lowest BCUT2D eigenvalue weighted by molar-refractivity contribution is 0.252. The van der Waals surface area contributed by atoms with Gasteiger partial charge in [-0.05, 0) is 91.3 Å². The standard InChI is InChI=1S/C27H23N3O5.C24H19N3O4.C4H8O.B/c1-31-23-5-3-4-6-24(23)35-19-9-7-18(8-10-19)30-27-17(13-28)14-29-22-12-26(34-16-20-15-33-20)25(32-2)11-21(22)27;1-29-21-5-3-4-6-22(21)31-17-9-7-16(8-10-17)27-24-15(13-25)14-26-19-12-20(28)23(30-2)11-18(19)24;1-2-4-3-5-4;/h3-12,14,20H,15-16H2,1-2H3,(H,29,30);3-12,14,28H,1-2H3,(H,26,27);4H,2-3H2,1H3;/t20-;;4-;/m0.1./s1. The molecule has 16 nitrogen and oxygen atoms in total. The first kappa shape index (κ1) is 51.0. The lowest BCUT2D eigenvalue weighted by atomic mass is 10.1. The van der Waals surface area contributed by atoms with Crippen LogP contribution in [0.3, 0.4) is 0 Å². The minimum atomic E-state index is -0.0176. The molecule has 0 bridgehead atoms. The van der Waals surface area contributed by atoms with E-state index < -0.39 is 0 Å². The molecule has 2 aliphatic rings. The summed E-state index contributed by atoms with van der Waals surface area (Å²) in [7, 11) is 6.25. The average Bonchev–Trinajstić information content (AvgIpc) is 4.36. The molecule has 17 heteroatoms. The molecule has 4 heterocycles. The largest absolute Gasteiger partial charge is 0.504 e. The Morgan fingerprint density at radius 3 is 1.40 bits per heavy atom. The van der Waals surface area contributed by atoms with Gasteiger partial charge in [0.05, 0.1) is 81.3 Å². The van der Waals surface area contributed by atoms with Crippen molar-refractivity contribution in [2.75, 3.05) is 58.9 Å². The Bertz CT molecular complexity index is 3210. The van der Waals surface area contributed by atoms with E-state index in [1.807, 2.05) is 109 Å². The first-order valence-corrected chi connectivity index (χ1v) is 22.5. The molecule has 2 aromatic heterocycles. The summed E-state index contributed by atoms with van der Waals surface area (Å²) in [5.41, 5.74) is 4.74. The molecule has 10 rings (SSSR count).